The lowest BCUT2D eigenvalue weighted by Crippen LogP contribution is -2.26. The minimum absolute atomic E-state index is 0.209. The fraction of sp³-hybridized carbons (Fsp3) is 0.556. The summed E-state index contributed by atoms with van der Waals surface area (Å²) in [7, 11) is 3.97. The quantitative estimate of drug-likeness (QED) is 0.430. The van der Waals surface area contributed by atoms with E-state index in [-0.39, 0.29) is 5.88 Å². The van der Waals surface area contributed by atoms with Crippen molar-refractivity contribution in [2.45, 2.75) is 6.54 Å². The van der Waals surface area contributed by atoms with E-state index in [2.05, 4.69) is 10.2 Å². The number of nitrogens with one attached hydrogen (secondary N) is 1. The van der Waals surface area contributed by atoms with Crippen LogP contribution in [0.15, 0.2) is 16.5 Å². The number of hydrogen-bond donors (Lipinski definition) is 1. The smallest absolute Gasteiger partial charge is 0.404 e. The van der Waals surface area contributed by atoms with Crippen LogP contribution in [-0.4, -0.2) is 37.0 Å². The number of nitrogens with zero attached hydrogens (tertiary/aromatic N) is 2. The second-order valence-corrected chi connectivity index (χ2v) is 3.48. The molecule has 1 heterocycles. The Bertz CT molecular complexity index is 322. The molecule has 0 saturated carbocycles. The molecule has 0 aromatic carbocycles. The van der Waals surface area contributed by atoms with Crippen molar-refractivity contribution >= 4 is 5.88 Å². The zero-order valence-electron chi connectivity index (χ0n) is 8.90. The third-order valence-electron chi connectivity index (χ3n) is 1.86. The Morgan fingerprint density at radius 3 is 2.80 bits per heavy atom. The Kier molecular flexibility index (Phi) is 4.26. The molecule has 0 fully saturated rings. The Labute approximate surface area is 88.0 Å². The number of furan rings is 1. The van der Waals surface area contributed by atoms with Gasteiger partial charge in [-0.1, -0.05) is 0 Å². The van der Waals surface area contributed by atoms with Crippen LogP contribution in [0.4, 0.5) is 5.88 Å². The summed E-state index contributed by atoms with van der Waals surface area (Å²) in [6.07, 6.45) is 0. The highest BCUT2D eigenvalue weighted by atomic mass is 16.6. The monoisotopic (exact) mass is 213 g/mol. The number of hydrogen-bond acceptors (Lipinski definition) is 5. The Balaban J connectivity index is 2.29. The lowest BCUT2D eigenvalue weighted by Gasteiger charge is -2.08. The molecule has 0 saturated heterocycles. The largest absolute Gasteiger partial charge is 0.433 e. The van der Waals surface area contributed by atoms with Crippen LogP contribution in [0.2, 0.25) is 0 Å². The molecule has 6 nitrogen and oxygen atoms in total. The van der Waals surface area contributed by atoms with Gasteiger partial charge in [0.15, 0.2) is 0 Å². The van der Waals surface area contributed by atoms with Crippen LogP contribution >= 0.6 is 0 Å². The fourth-order valence-electron chi connectivity index (χ4n) is 1.07. The molecule has 0 spiro atoms. The molecule has 1 aromatic rings. The van der Waals surface area contributed by atoms with E-state index < -0.39 is 4.92 Å². The third kappa shape index (κ3) is 4.09. The van der Waals surface area contributed by atoms with Crippen molar-refractivity contribution in [1.82, 2.24) is 10.2 Å². The first-order chi connectivity index (χ1) is 7.09. The van der Waals surface area contributed by atoms with Gasteiger partial charge < -0.3 is 14.6 Å². The van der Waals surface area contributed by atoms with E-state index >= 15 is 0 Å². The van der Waals surface area contributed by atoms with E-state index in [4.69, 9.17) is 4.42 Å². The Morgan fingerprint density at radius 1 is 1.53 bits per heavy atom. The highest BCUT2D eigenvalue weighted by Gasteiger charge is 2.10. The van der Waals surface area contributed by atoms with Crippen molar-refractivity contribution in [3.05, 3.63) is 28.0 Å². The summed E-state index contributed by atoms with van der Waals surface area (Å²) < 4.78 is 4.98. The van der Waals surface area contributed by atoms with E-state index in [1.165, 1.54) is 6.07 Å². The molecule has 0 atom stereocenters. The first-order valence-corrected chi connectivity index (χ1v) is 4.68. The topological polar surface area (TPSA) is 71.5 Å². The summed E-state index contributed by atoms with van der Waals surface area (Å²) >= 11 is 0. The van der Waals surface area contributed by atoms with Gasteiger partial charge in [0, 0.05) is 13.1 Å². The highest BCUT2D eigenvalue weighted by Crippen LogP contribution is 2.14. The molecule has 0 unspecified atom stereocenters. The highest BCUT2D eigenvalue weighted by molar-refractivity contribution is 5.17. The maximum absolute atomic E-state index is 10.3. The van der Waals surface area contributed by atoms with E-state index in [9.17, 15) is 10.1 Å². The molecule has 84 valence electrons. The zero-order chi connectivity index (χ0) is 11.3. The predicted octanol–water partition coefficient (Wildman–Crippen LogP) is 0.839. The summed E-state index contributed by atoms with van der Waals surface area (Å²) in [6.45, 7) is 2.26. The maximum Gasteiger partial charge on any atom is 0.433 e. The first-order valence-electron chi connectivity index (χ1n) is 4.68. The second-order valence-electron chi connectivity index (χ2n) is 3.48. The minimum atomic E-state index is -0.538. The molecule has 0 aliphatic heterocycles. The number of rotatable bonds is 6. The van der Waals surface area contributed by atoms with Gasteiger partial charge in [0.1, 0.15) is 10.7 Å². The molecule has 0 aliphatic rings. The van der Waals surface area contributed by atoms with E-state index in [0.717, 1.165) is 13.1 Å². The van der Waals surface area contributed by atoms with Crippen molar-refractivity contribution in [3.63, 3.8) is 0 Å². The molecule has 1 rings (SSSR count). The molecular weight excluding hydrogens is 198 g/mol. The lowest BCUT2D eigenvalue weighted by atomic mass is 10.4. The summed E-state index contributed by atoms with van der Waals surface area (Å²) in [6, 6.07) is 2.98. The van der Waals surface area contributed by atoms with Gasteiger partial charge >= 0.3 is 5.88 Å². The van der Waals surface area contributed by atoms with Gasteiger partial charge in [-0.05, 0) is 20.2 Å². The molecule has 0 amide bonds. The van der Waals surface area contributed by atoms with Crippen LogP contribution < -0.4 is 5.32 Å². The molecule has 15 heavy (non-hydrogen) atoms. The SMILES string of the molecule is CN(C)CCNCc1ccc([N+](=O)[O-])o1. The lowest BCUT2D eigenvalue weighted by molar-refractivity contribution is -0.402. The Hall–Kier alpha value is -1.40. The summed E-state index contributed by atoms with van der Waals surface area (Å²) in [5, 5.41) is 13.4. The molecule has 1 aromatic heterocycles. The van der Waals surface area contributed by atoms with Crippen LogP contribution in [0.3, 0.4) is 0 Å². The average molecular weight is 213 g/mol. The molecule has 0 radical (unpaired) electrons. The third-order valence-corrected chi connectivity index (χ3v) is 1.86. The number of likely N-dealkylation sites (N-methyl/N-ethyl adjacent to an activating group) is 1. The first kappa shape index (κ1) is 11.7. The Morgan fingerprint density at radius 2 is 2.27 bits per heavy atom. The van der Waals surface area contributed by atoms with Crippen molar-refractivity contribution in [3.8, 4) is 0 Å². The summed E-state index contributed by atoms with van der Waals surface area (Å²) in [4.78, 5) is 11.8. The molecular formula is C9H15N3O3. The van der Waals surface area contributed by atoms with Crippen LogP contribution in [0.25, 0.3) is 0 Å². The number of nitro groups is 1. The normalized spacial score (nSPS) is 10.9. The van der Waals surface area contributed by atoms with Gasteiger partial charge in [0.05, 0.1) is 12.6 Å². The molecule has 0 bridgehead atoms. The average Bonchev–Trinajstić information content (AvgIpc) is 2.60. The van der Waals surface area contributed by atoms with Crippen molar-refractivity contribution < 1.29 is 9.34 Å². The van der Waals surface area contributed by atoms with Crippen molar-refractivity contribution in [1.29, 1.82) is 0 Å². The van der Waals surface area contributed by atoms with Crippen LogP contribution in [-0.2, 0) is 6.54 Å². The standard InChI is InChI=1S/C9H15N3O3/c1-11(2)6-5-10-7-8-3-4-9(15-8)12(13)14/h3-4,10H,5-7H2,1-2H3. The van der Waals surface area contributed by atoms with E-state index in [1.807, 2.05) is 14.1 Å². The second kappa shape index (κ2) is 5.47. The van der Waals surface area contributed by atoms with Gasteiger partial charge in [-0.3, -0.25) is 10.1 Å². The van der Waals surface area contributed by atoms with Crippen LogP contribution in [0.1, 0.15) is 5.76 Å². The van der Waals surface area contributed by atoms with Gasteiger partial charge in [-0.25, -0.2) is 0 Å². The molecule has 0 aliphatic carbocycles. The van der Waals surface area contributed by atoms with E-state index in [0.29, 0.717) is 12.3 Å². The summed E-state index contributed by atoms with van der Waals surface area (Å²) in [5.41, 5.74) is 0. The predicted molar refractivity (Wildman–Crippen MR) is 55.6 cm³/mol. The fourth-order valence-corrected chi connectivity index (χ4v) is 1.07. The zero-order valence-corrected chi connectivity index (χ0v) is 8.90. The van der Waals surface area contributed by atoms with Gasteiger partial charge in [0.25, 0.3) is 0 Å². The molecule has 6 heteroatoms. The maximum atomic E-state index is 10.3. The van der Waals surface area contributed by atoms with Crippen molar-refractivity contribution in [2.24, 2.45) is 0 Å². The van der Waals surface area contributed by atoms with Crippen LogP contribution in [0.5, 0.6) is 0 Å². The molecule has 1 N–H and O–H groups in total. The van der Waals surface area contributed by atoms with Gasteiger partial charge in [-0.15, -0.1) is 0 Å². The van der Waals surface area contributed by atoms with Crippen molar-refractivity contribution in [2.75, 3.05) is 27.2 Å². The van der Waals surface area contributed by atoms with E-state index in [1.54, 1.807) is 6.07 Å². The minimum Gasteiger partial charge on any atom is -0.404 e. The van der Waals surface area contributed by atoms with Gasteiger partial charge in [0.2, 0.25) is 0 Å². The summed E-state index contributed by atoms with van der Waals surface area (Å²) in [5.74, 6) is 0.375. The van der Waals surface area contributed by atoms with Crippen LogP contribution in [0, 0.1) is 10.1 Å². The van der Waals surface area contributed by atoms with Gasteiger partial charge in [-0.2, -0.15) is 0 Å².